The number of azide groups is 1. The topological polar surface area (TPSA) is 87.7 Å². The Bertz CT molecular complexity index is 518. The van der Waals surface area contributed by atoms with E-state index in [2.05, 4.69) is 20.0 Å². The van der Waals surface area contributed by atoms with Crippen molar-refractivity contribution in [1.82, 2.24) is 9.97 Å². The second-order valence-electron chi connectivity index (χ2n) is 2.54. The van der Waals surface area contributed by atoms with Crippen LogP contribution in [0.4, 0.5) is 5.82 Å². The molecule has 0 aromatic carbocycles. The molecular formula is C8H4ClN5O. The molecule has 2 heterocycles. The fraction of sp³-hybridized carbons (Fsp3) is 0. The van der Waals surface area contributed by atoms with Crippen molar-refractivity contribution in [2.75, 3.05) is 0 Å². The molecule has 0 N–H and O–H groups in total. The van der Waals surface area contributed by atoms with E-state index in [1.807, 2.05) is 0 Å². The van der Waals surface area contributed by atoms with Crippen molar-refractivity contribution in [2.45, 2.75) is 0 Å². The first-order chi connectivity index (χ1) is 7.29. The van der Waals surface area contributed by atoms with Gasteiger partial charge in [0.05, 0.1) is 6.26 Å². The maximum absolute atomic E-state index is 8.26. The van der Waals surface area contributed by atoms with E-state index in [1.54, 1.807) is 12.1 Å². The molecule has 7 heteroatoms. The molecular weight excluding hydrogens is 218 g/mol. The molecule has 0 aliphatic carbocycles. The fourth-order valence-corrected chi connectivity index (χ4v) is 1.20. The lowest BCUT2D eigenvalue weighted by Gasteiger charge is -1.97. The summed E-state index contributed by atoms with van der Waals surface area (Å²) in [5, 5.41) is 3.53. The van der Waals surface area contributed by atoms with Crippen LogP contribution in [0.5, 0.6) is 0 Å². The Hall–Kier alpha value is -2.04. The summed E-state index contributed by atoms with van der Waals surface area (Å²) in [6.07, 6.45) is 1.49. The van der Waals surface area contributed by atoms with Crippen LogP contribution in [0, 0.1) is 0 Å². The SMILES string of the molecule is [N-]=[N+]=Nc1cc(Cl)nc(-c2ccco2)n1. The molecule has 0 saturated heterocycles. The summed E-state index contributed by atoms with van der Waals surface area (Å²) in [4.78, 5) is 10.5. The quantitative estimate of drug-likeness (QED) is 0.337. The molecule has 0 atom stereocenters. The van der Waals surface area contributed by atoms with Crippen LogP contribution >= 0.6 is 11.6 Å². The van der Waals surface area contributed by atoms with Crippen LogP contribution in [0.25, 0.3) is 22.0 Å². The third kappa shape index (κ3) is 2.07. The van der Waals surface area contributed by atoms with E-state index in [4.69, 9.17) is 21.5 Å². The van der Waals surface area contributed by atoms with E-state index in [1.165, 1.54) is 12.3 Å². The normalized spacial score (nSPS) is 9.67. The minimum Gasteiger partial charge on any atom is -0.461 e. The molecule has 0 radical (unpaired) electrons. The Morgan fingerprint density at radius 3 is 3.00 bits per heavy atom. The molecule has 0 aliphatic rings. The van der Waals surface area contributed by atoms with Crippen LogP contribution in [0.3, 0.4) is 0 Å². The lowest BCUT2D eigenvalue weighted by atomic mass is 10.4. The summed E-state index contributed by atoms with van der Waals surface area (Å²) in [6.45, 7) is 0. The Kier molecular flexibility index (Phi) is 2.53. The smallest absolute Gasteiger partial charge is 0.197 e. The monoisotopic (exact) mass is 221 g/mol. The lowest BCUT2D eigenvalue weighted by Crippen LogP contribution is -1.87. The van der Waals surface area contributed by atoms with Gasteiger partial charge < -0.3 is 4.42 Å². The average Bonchev–Trinajstić information content (AvgIpc) is 2.70. The van der Waals surface area contributed by atoms with Gasteiger partial charge in [-0.3, -0.25) is 0 Å². The average molecular weight is 222 g/mol. The zero-order valence-corrected chi connectivity index (χ0v) is 8.09. The van der Waals surface area contributed by atoms with Crippen molar-refractivity contribution >= 4 is 17.4 Å². The summed E-state index contributed by atoms with van der Waals surface area (Å²) in [6, 6.07) is 4.76. The first-order valence-electron chi connectivity index (χ1n) is 3.93. The largest absolute Gasteiger partial charge is 0.461 e. The first kappa shape index (κ1) is 9.51. The maximum Gasteiger partial charge on any atom is 0.197 e. The molecule has 15 heavy (non-hydrogen) atoms. The molecule has 0 spiro atoms. The van der Waals surface area contributed by atoms with Gasteiger partial charge in [0.1, 0.15) is 11.0 Å². The Balaban J connectivity index is 2.53. The maximum atomic E-state index is 8.26. The van der Waals surface area contributed by atoms with Crippen molar-refractivity contribution < 1.29 is 4.42 Å². The molecule has 0 aliphatic heterocycles. The molecule has 74 valence electrons. The van der Waals surface area contributed by atoms with Gasteiger partial charge in [-0.25, -0.2) is 9.97 Å². The van der Waals surface area contributed by atoms with E-state index < -0.39 is 0 Å². The van der Waals surface area contributed by atoms with Crippen LogP contribution in [0.1, 0.15) is 0 Å². The molecule has 2 aromatic rings. The predicted molar refractivity (Wildman–Crippen MR) is 53.6 cm³/mol. The standard InChI is InChI=1S/C8H4ClN5O/c9-6-4-7(13-14-10)12-8(11-6)5-2-1-3-15-5/h1-4H. The number of aromatic nitrogens is 2. The fourth-order valence-electron chi connectivity index (χ4n) is 1.02. The van der Waals surface area contributed by atoms with Crippen molar-refractivity contribution in [1.29, 1.82) is 0 Å². The van der Waals surface area contributed by atoms with Gasteiger partial charge in [0.15, 0.2) is 11.6 Å². The van der Waals surface area contributed by atoms with Gasteiger partial charge in [-0.1, -0.05) is 11.6 Å². The van der Waals surface area contributed by atoms with Crippen LogP contribution in [-0.2, 0) is 0 Å². The third-order valence-electron chi connectivity index (χ3n) is 1.57. The van der Waals surface area contributed by atoms with Crippen LogP contribution in [0.2, 0.25) is 5.15 Å². The van der Waals surface area contributed by atoms with Gasteiger partial charge in [0.2, 0.25) is 0 Å². The van der Waals surface area contributed by atoms with Crippen LogP contribution in [-0.4, -0.2) is 9.97 Å². The number of halogens is 1. The highest BCUT2D eigenvalue weighted by Crippen LogP contribution is 2.21. The Labute approximate surface area is 89.2 Å². The summed E-state index contributed by atoms with van der Waals surface area (Å²) in [5.41, 5.74) is 8.26. The number of furan rings is 1. The first-order valence-corrected chi connectivity index (χ1v) is 4.31. The molecule has 0 bridgehead atoms. The lowest BCUT2D eigenvalue weighted by molar-refractivity contribution is 0.577. The van der Waals surface area contributed by atoms with E-state index in [0.717, 1.165) is 0 Å². The van der Waals surface area contributed by atoms with Crippen molar-refractivity contribution in [3.63, 3.8) is 0 Å². The van der Waals surface area contributed by atoms with E-state index in [0.29, 0.717) is 5.76 Å². The summed E-state index contributed by atoms with van der Waals surface area (Å²) < 4.78 is 5.09. The minimum absolute atomic E-state index is 0.156. The molecule has 0 saturated carbocycles. The number of hydrogen-bond acceptors (Lipinski definition) is 4. The molecule has 0 unspecified atom stereocenters. The van der Waals surface area contributed by atoms with Gasteiger partial charge in [-0.15, -0.1) is 0 Å². The van der Waals surface area contributed by atoms with Gasteiger partial charge in [0.25, 0.3) is 0 Å². The Morgan fingerprint density at radius 1 is 1.47 bits per heavy atom. The number of hydrogen-bond donors (Lipinski definition) is 0. The van der Waals surface area contributed by atoms with Gasteiger partial charge in [-0.2, -0.15) is 0 Å². The van der Waals surface area contributed by atoms with Gasteiger partial charge in [0, 0.05) is 11.0 Å². The predicted octanol–water partition coefficient (Wildman–Crippen LogP) is 3.33. The Morgan fingerprint density at radius 2 is 2.33 bits per heavy atom. The molecule has 0 amide bonds. The highest BCUT2D eigenvalue weighted by Gasteiger charge is 2.06. The number of rotatable bonds is 2. The molecule has 6 nitrogen and oxygen atoms in total. The van der Waals surface area contributed by atoms with E-state index >= 15 is 0 Å². The van der Waals surface area contributed by atoms with Crippen LogP contribution < -0.4 is 0 Å². The minimum atomic E-state index is 0.156. The summed E-state index contributed by atoms with van der Waals surface area (Å²) in [5.74, 6) is 0.908. The molecule has 2 rings (SSSR count). The van der Waals surface area contributed by atoms with Gasteiger partial charge in [-0.05, 0) is 22.8 Å². The zero-order chi connectivity index (χ0) is 10.7. The molecule has 2 aromatic heterocycles. The highest BCUT2D eigenvalue weighted by atomic mass is 35.5. The second kappa shape index (κ2) is 4.00. The van der Waals surface area contributed by atoms with Crippen molar-refractivity contribution in [2.24, 2.45) is 5.11 Å². The van der Waals surface area contributed by atoms with Crippen molar-refractivity contribution in [3.05, 3.63) is 40.1 Å². The molecule has 0 fully saturated rings. The number of nitrogens with zero attached hydrogens (tertiary/aromatic N) is 5. The third-order valence-corrected chi connectivity index (χ3v) is 1.76. The van der Waals surface area contributed by atoms with Crippen LogP contribution in [0.15, 0.2) is 34.0 Å². The zero-order valence-electron chi connectivity index (χ0n) is 7.33. The van der Waals surface area contributed by atoms with Gasteiger partial charge >= 0.3 is 0 Å². The second-order valence-corrected chi connectivity index (χ2v) is 2.93. The van der Waals surface area contributed by atoms with E-state index in [9.17, 15) is 0 Å². The summed E-state index contributed by atoms with van der Waals surface area (Å²) in [7, 11) is 0. The summed E-state index contributed by atoms with van der Waals surface area (Å²) >= 11 is 5.73. The van der Waals surface area contributed by atoms with E-state index in [-0.39, 0.29) is 16.8 Å². The van der Waals surface area contributed by atoms with Crippen molar-refractivity contribution in [3.8, 4) is 11.6 Å². The highest BCUT2D eigenvalue weighted by molar-refractivity contribution is 6.29.